The number of benzene rings is 1. The van der Waals surface area contributed by atoms with E-state index in [9.17, 15) is 4.79 Å². The number of hydrogen-bond donors (Lipinski definition) is 0. The number of ether oxygens (including phenoxy) is 2. The van der Waals surface area contributed by atoms with Crippen molar-refractivity contribution in [3.05, 3.63) is 56.8 Å². The van der Waals surface area contributed by atoms with Gasteiger partial charge in [-0.15, -0.1) is 23.7 Å². The minimum absolute atomic E-state index is 0. The molecule has 2 aliphatic rings. The number of unbranched alkanes of at least 4 members (excludes halogenated alkanes) is 1. The van der Waals surface area contributed by atoms with E-state index in [1.165, 1.54) is 34.3 Å². The summed E-state index contributed by atoms with van der Waals surface area (Å²) in [5, 5.41) is 2.19. The van der Waals surface area contributed by atoms with Gasteiger partial charge in [-0.2, -0.15) is 0 Å². The summed E-state index contributed by atoms with van der Waals surface area (Å²) < 4.78 is 10.9. The maximum absolute atomic E-state index is 11.3. The van der Waals surface area contributed by atoms with Crippen LogP contribution in [0.25, 0.3) is 5.57 Å². The van der Waals surface area contributed by atoms with Gasteiger partial charge in [0, 0.05) is 41.1 Å². The third kappa shape index (κ3) is 5.08. The van der Waals surface area contributed by atoms with E-state index in [2.05, 4.69) is 41.6 Å². The summed E-state index contributed by atoms with van der Waals surface area (Å²) in [4.78, 5) is 15.1. The number of nitrogens with zero attached hydrogens (tertiary/aromatic N) is 1. The molecule has 0 bridgehead atoms. The Kier molecular flexibility index (Phi) is 7.98. The van der Waals surface area contributed by atoms with Crippen LogP contribution in [0.1, 0.15) is 53.7 Å². The van der Waals surface area contributed by atoms with E-state index in [-0.39, 0.29) is 18.4 Å². The Balaban J connectivity index is 0.00000256. The Bertz CT molecular complexity index is 911. The Morgan fingerprint density at radius 3 is 2.77 bits per heavy atom. The van der Waals surface area contributed by atoms with Crippen molar-refractivity contribution in [1.82, 2.24) is 4.90 Å². The van der Waals surface area contributed by atoms with Gasteiger partial charge in [-0.25, -0.2) is 0 Å². The highest BCUT2D eigenvalue weighted by molar-refractivity contribution is 7.11. The van der Waals surface area contributed by atoms with Crippen molar-refractivity contribution in [2.75, 3.05) is 27.2 Å². The van der Waals surface area contributed by atoms with Crippen LogP contribution in [0.2, 0.25) is 0 Å². The van der Waals surface area contributed by atoms with Gasteiger partial charge in [0.05, 0.1) is 7.11 Å². The summed E-state index contributed by atoms with van der Waals surface area (Å²) in [6, 6.07) is 8.84. The number of methoxy groups -OCH3 is 1. The predicted octanol–water partition coefficient (Wildman–Crippen LogP) is 5.48. The van der Waals surface area contributed by atoms with Crippen LogP contribution < -0.4 is 4.74 Å². The maximum atomic E-state index is 11.3. The second kappa shape index (κ2) is 10.5. The number of halogens is 1. The van der Waals surface area contributed by atoms with Crippen LogP contribution in [-0.2, 0) is 22.6 Å². The Labute approximate surface area is 189 Å². The molecule has 162 valence electrons. The zero-order valence-corrected chi connectivity index (χ0v) is 19.4. The van der Waals surface area contributed by atoms with Gasteiger partial charge in [0.25, 0.3) is 0 Å². The molecule has 0 saturated carbocycles. The highest BCUT2D eigenvalue weighted by Crippen LogP contribution is 2.43. The molecule has 0 N–H and O–H groups in total. The SMILES string of the molecule is COC(=O)CCCCc1ccc2c(c1)C(=C1CCN(C)CC1)c1sccc1CO2.Cl. The molecule has 30 heavy (non-hydrogen) atoms. The molecule has 4 rings (SSSR count). The number of thiophene rings is 1. The average molecular weight is 448 g/mol. The van der Waals surface area contributed by atoms with E-state index in [0.29, 0.717) is 13.0 Å². The van der Waals surface area contributed by atoms with Crippen molar-refractivity contribution >= 4 is 35.3 Å². The standard InChI is InChI=1S/C24H29NO3S.ClH/c1-25-12-9-18(10-13-25)23-20-15-17(5-3-4-6-22(26)27-2)7-8-21(20)28-16-19-11-14-29-24(19)23;/h7-8,11,14-15H,3-6,9-10,12-13,16H2,1-2H3;1H. The van der Waals surface area contributed by atoms with Crippen LogP contribution in [0.5, 0.6) is 5.75 Å². The first kappa shape index (κ1) is 22.9. The minimum Gasteiger partial charge on any atom is -0.488 e. The van der Waals surface area contributed by atoms with Gasteiger partial charge in [0.15, 0.2) is 0 Å². The molecular weight excluding hydrogens is 418 g/mol. The first-order chi connectivity index (χ1) is 14.2. The second-order valence-corrected chi connectivity index (χ2v) is 8.88. The highest BCUT2D eigenvalue weighted by Gasteiger charge is 2.25. The molecule has 0 spiro atoms. The Hall–Kier alpha value is -1.82. The number of carbonyl (C=O) groups excluding carboxylic acids is 1. The summed E-state index contributed by atoms with van der Waals surface area (Å²) in [7, 11) is 3.65. The number of rotatable bonds is 5. The molecule has 0 atom stereocenters. The summed E-state index contributed by atoms with van der Waals surface area (Å²) in [5.41, 5.74) is 6.82. The average Bonchev–Trinajstić information content (AvgIpc) is 3.14. The van der Waals surface area contributed by atoms with Crippen molar-refractivity contribution in [3.63, 3.8) is 0 Å². The number of carbonyl (C=O) groups is 1. The van der Waals surface area contributed by atoms with Crippen LogP contribution in [-0.4, -0.2) is 38.1 Å². The molecule has 3 heterocycles. The lowest BCUT2D eigenvalue weighted by Gasteiger charge is -2.26. The second-order valence-electron chi connectivity index (χ2n) is 7.96. The lowest BCUT2D eigenvalue weighted by Crippen LogP contribution is -2.26. The number of aryl methyl sites for hydroxylation is 1. The van der Waals surface area contributed by atoms with Gasteiger partial charge in [-0.05, 0) is 68.3 Å². The van der Waals surface area contributed by atoms with Crippen molar-refractivity contribution in [1.29, 1.82) is 0 Å². The first-order valence-corrected chi connectivity index (χ1v) is 11.3. The molecule has 1 aromatic heterocycles. The Morgan fingerprint density at radius 1 is 1.20 bits per heavy atom. The van der Waals surface area contributed by atoms with E-state index in [0.717, 1.165) is 50.9 Å². The number of likely N-dealkylation sites (tertiary alicyclic amines) is 1. The molecule has 0 amide bonds. The van der Waals surface area contributed by atoms with Crippen LogP contribution in [0.3, 0.4) is 0 Å². The minimum atomic E-state index is -0.125. The number of esters is 1. The summed E-state index contributed by atoms with van der Waals surface area (Å²) >= 11 is 1.84. The predicted molar refractivity (Wildman–Crippen MR) is 125 cm³/mol. The third-order valence-electron chi connectivity index (χ3n) is 5.94. The molecule has 0 aliphatic carbocycles. The molecule has 1 aromatic carbocycles. The van der Waals surface area contributed by atoms with Crippen LogP contribution in [0.15, 0.2) is 35.2 Å². The monoisotopic (exact) mass is 447 g/mol. The summed E-state index contributed by atoms with van der Waals surface area (Å²) in [6.07, 6.45) is 5.53. The fourth-order valence-corrected chi connectivity index (χ4v) is 5.21. The third-order valence-corrected chi connectivity index (χ3v) is 6.91. The maximum Gasteiger partial charge on any atom is 0.305 e. The van der Waals surface area contributed by atoms with Crippen LogP contribution in [0, 0.1) is 0 Å². The summed E-state index contributed by atoms with van der Waals surface area (Å²) in [6.45, 7) is 2.87. The van der Waals surface area contributed by atoms with Gasteiger partial charge < -0.3 is 14.4 Å². The number of hydrogen-bond acceptors (Lipinski definition) is 5. The quantitative estimate of drug-likeness (QED) is 0.449. The van der Waals surface area contributed by atoms with Crippen molar-refractivity contribution < 1.29 is 14.3 Å². The largest absolute Gasteiger partial charge is 0.488 e. The lowest BCUT2D eigenvalue weighted by molar-refractivity contribution is -0.140. The van der Waals surface area contributed by atoms with Crippen molar-refractivity contribution in [3.8, 4) is 5.75 Å². The molecule has 1 fully saturated rings. The zero-order chi connectivity index (χ0) is 20.2. The van der Waals surface area contributed by atoms with Gasteiger partial charge >= 0.3 is 5.97 Å². The molecule has 6 heteroatoms. The molecule has 2 aliphatic heterocycles. The van der Waals surface area contributed by atoms with Crippen LogP contribution >= 0.6 is 23.7 Å². The molecular formula is C24H30ClNO3S. The Morgan fingerprint density at radius 2 is 2.00 bits per heavy atom. The van der Waals surface area contributed by atoms with E-state index in [4.69, 9.17) is 9.47 Å². The van der Waals surface area contributed by atoms with E-state index < -0.39 is 0 Å². The van der Waals surface area contributed by atoms with Gasteiger partial charge in [-0.3, -0.25) is 4.79 Å². The topological polar surface area (TPSA) is 38.8 Å². The van der Waals surface area contributed by atoms with Gasteiger partial charge in [0.2, 0.25) is 0 Å². The normalized spacial score (nSPS) is 16.1. The first-order valence-electron chi connectivity index (χ1n) is 10.5. The molecule has 4 nitrogen and oxygen atoms in total. The fourth-order valence-electron chi connectivity index (χ4n) is 4.19. The molecule has 0 unspecified atom stereocenters. The van der Waals surface area contributed by atoms with E-state index in [1.807, 2.05) is 11.3 Å². The number of fused-ring (bicyclic) bond motifs is 2. The van der Waals surface area contributed by atoms with E-state index in [1.54, 1.807) is 5.57 Å². The zero-order valence-electron chi connectivity index (χ0n) is 17.7. The highest BCUT2D eigenvalue weighted by atomic mass is 35.5. The molecule has 2 aromatic rings. The van der Waals surface area contributed by atoms with Crippen molar-refractivity contribution in [2.45, 2.75) is 45.1 Å². The molecule has 0 radical (unpaired) electrons. The van der Waals surface area contributed by atoms with Gasteiger partial charge in [-0.1, -0.05) is 11.6 Å². The smallest absolute Gasteiger partial charge is 0.305 e. The number of piperidine rings is 1. The molecule has 1 saturated heterocycles. The van der Waals surface area contributed by atoms with E-state index >= 15 is 0 Å². The fraction of sp³-hybridized carbons (Fsp3) is 0.458. The van der Waals surface area contributed by atoms with Crippen molar-refractivity contribution in [2.24, 2.45) is 0 Å². The van der Waals surface area contributed by atoms with Crippen LogP contribution in [0.4, 0.5) is 0 Å². The lowest BCUT2D eigenvalue weighted by atomic mass is 9.89. The van der Waals surface area contributed by atoms with Gasteiger partial charge in [0.1, 0.15) is 12.4 Å². The summed E-state index contributed by atoms with van der Waals surface area (Å²) in [5.74, 6) is 0.868.